The van der Waals surface area contributed by atoms with Crippen molar-refractivity contribution in [2.75, 3.05) is 5.32 Å². The highest BCUT2D eigenvalue weighted by molar-refractivity contribution is 6.73. The molecule has 0 saturated carbocycles. The topological polar surface area (TPSA) is 128 Å². The Balaban J connectivity index is 2.64. The zero-order valence-corrected chi connectivity index (χ0v) is 12.2. The Bertz CT molecular complexity index is 774. The van der Waals surface area contributed by atoms with Crippen LogP contribution in [0.15, 0.2) is 11.2 Å². The van der Waals surface area contributed by atoms with E-state index in [4.69, 9.17) is 23.2 Å². The number of hydrogen-bond acceptors (Lipinski definition) is 7. The highest BCUT2D eigenvalue weighted by atomic mass is 35.5. The smallest absolute Gasteiger partial charge is 0.320 e. The van der Waals surface area contributed by atoms with Crippen molar-refractivity contribution in [2.45, 2.75) is 6.92 Å². The van der Waals surface area contributed by atoms with E-state index >= 15 is 0 Å². The molecule has 0 fully saturated rings. The highest BCUT2D eigenvalue weighted by Gasteiger charge is 2.37. The predicted molar refractivity (Wildman–Crippen MR) is 75.3 cm³/mol. The zero-order chi connectivity index (χ0) is 16.6. The second-order valence-electron chi connectivity index (χ2n) is 4.01. The quantitative estimate of drug-likeness (QED) is 0.495. The van der Waals surface area contributed by atoms with Crippen LogP contribution in [0.3, 0.4) is 0 Å². The molecule has 0 aromatic heterocycles. The third-order valence-corrected chi connectivity index (χ3v) is 3.20. The van der Waals surface area contributed by atoms with E-state index in [-0.39, 0.29) is 16.3 Å². The number of halogens is 2. The predicted octanol–water partition coefficient (Wildman–Crippen LogP) is 1.96. The standard InChI is InChI=1S/C11H5Cl2N3O6/c1-3(17)22-15-8-10(18)6-5(14-11(8)19)2-4(12)9(7(6)13)16(20)21/h2H,1H3,(H,14,19). The van der Waals surface area contributed by atoms with Crippen molar-refractivity contribution in [1.29, 1.82) is 0 Å². The fourth-order valence-corrected chi connectivity index (χ4v) is 2.37. The molecular weight excluding hydrogens is 341 g/mol. The SMILES string of the molecule is CC(=O)ON=C1C(=O)Nc2cc(Cl)c([N+](=O)[O-])c(Cl)c2C1=O. The summed E-state index contributed by atoms with van der Waals surface area (Å²) in [4.78, 5) is 49.0. The molecule has 0 bridgehead atoms. The van der Waals surface area contributed by atoms with Gasteiger partial charge in [0.25, 0.3) is 5.91 Å². The van der Waals surface area contributed by atoms with Crippen LogP contribution in [0.4, 0.5) is 11.4 Å². The number of carbonyl (C=O) groups excluding carboxylic acids is 3. The van der Waals surface area contributed by atoms with Crippen molar-refractivity contribution >= 4 is 57.9 Å². The number of oxime groups is 1. The molecule has 0 radical (unpaired) electrons. The molecule has 1 N–H and O–H groups in total. The molecule has 0 saturated heterocycles. The molecule has 1 aromatic rings. The summed E-state index contributed by atoms with van der Waals surface area (Å²) in [6, 6.07) is 1.03. The average Bonchev–Trinajstić information content (AvgIpc) is 2.36. The minimum atomic E-state index is -1.02. The van der Waals surface area contributed by atoms with Gasteiger partial charge in [-0.3, -0.25) is 19.7 Å². The normalized spacial score (nSPS) is 15.3. The molecule has 1 aliphatic rings. The monoisotopic (exact) mass is 345 g/mol. The Kier molecular flexibility index (Phi) is 4.11. The maximum atomic E-state index is 12.2. The summed E-state index contributed by atoms with van der Waals surface area (Å²) >= 11 is 11.5. The van der Waals surface area contributed by atoms with E-state index in [1.54, 1.807) is 0 Å². The van der Waals surface area contributed by atoms with Crippen LogP contribution in [-0.2, 0) is 14.4 Å². The number of carbonyl (C=O) groups is 3. The number of hydrogen-bond donors (Lipinski definition) is 1. The lowest BCUT2D eigenvalue weighted by molar-refractivity contribution is -0.384. The number of rotatable bonds is 2. The average molecular weight is 346 g/mol. The lowest BCUT2D eigenvalue weighted by Crippen LogP contribution is -2.36. The summed E-state index contributed by atoms with van der Waals surface area (Å²) in [5, 5.41) is 15.4. The van der Waals surface area contributed by atoms with Gasteiger partial charge in [-0.15, -0.1) is 0 Å². The van der Waals surface area contributed by atoms with Gasteiger partial charge in [0, 0.05) is 6.92 Å². The van der Waals surface area contributed by atoms with Gasteiger partial charge in [-0.1, -0.05) is 28.4 Å². The number of nitrogens with one attached hydrogen (secondary N) is 1. The Hall–Kier alpha value is -2.52. The fourth-order valence-electron chi connectivity index (χ4n) is 1.69. The van der Waals surface area contributed by atoms with Crippen LogP contribution in [-0.4, -0.2) is 28.3 Å². The molecule has 0 aliphatic carbocycles. The number of nitro groups is 1. The van der Waals surface area contributed by atoms with E-state index in [1.165, 1.54) is 0 Å². The first kappa shape index (κ1) is 15.9. The van der Waals surface area contributed by atoms with Crippen LogP contribution in [0.1, 0.15) is 17.3 Å². The van der Waals surface area contributed by atoms with Gasteiger partial charge in [-0.05, 0) is 6.07 Å². The first-order valence-corrected chi connectivity index (χ1v) is 6.27. The molecule has 1 heterocycles. The van der Waals surface area contributed by atoms with Crippen molar-refractivity contribution in [3.05, 3.63) is 31.8 Å². The second-order valence-corrected chi connectivity index (χ2v) is 4.79. The summed E-state index contributed by atoms with van der Waals surface area (Å²) < 4.78 is 0. The van der Waals surface area contributed by atoms with Crippen LogP contribution < -0.4 is 5.32 Å². The summed E-state index contributed by atoms with van der Waals surface area (Å²) in [5.74, 6) is -2.84. The van der Waals surface area contributed by atoms with E-state index < -0.39 is 39.0 Å². The van der Waals surface area contributed by atoms with Crippen molar-refractivity contribution in [2.24, 2.45) is 5.16 Å². The van der Waals surface area contributed by atoms with Crippen molar-refractivity contribution in [1.82, 2.24) is 0 Å². The molecule has 0 spiro atoms. The van der Waals surface area contributed by atoms with Gasteiger partial charge in [0.2, 0.25) is 11.5 Å². The van der Waals surface area contributed by atoms with Gasteiger partial charge in [0.1, 0.15) is 10.0 Å². The van der Waals surface area contributed by atoms with E-state index in [0.29, 0.717) is 0 Å². The third kappa shape index (κ3) is 2.63. The number of benzene rings is 1. The Morgan fingerprint density at radius 3 is 2.59 bits per heavy atom. The second kappa shape index (κ2) is 5.70. The number of anilines is 1. The summed E-state index contributed by atoms with van der Waals surface area (Å²) in [7, 11) is 0. The van der Waals surface area contributed by atoms with E-state index in [2.05, 4.69) is 15.3 Å². The van der Waals surface area contributed by atoms with Crippen molar-refractivity contribution in [3.8, 4) is 0 Å². The van der Waals surface area contributed by atoms with Gasteiger partial charge < -0.3 is 10.2 Å². The van der Waals surface area contributed by atoms with Crippen LogP contribution in [0, 0.1) is 10.1 Å². The zero-order valence-electron chi connectivity index (χ0n) is 10.7. The van der Waals surface area contributed by atoms with Crippen molar-refractivity contribution in [3.63, 3.8) is 0 Å². The molecule has 0 unspecified atom stereocenters. The Labute approximate surface area is 132 Å². The van der Waals surface area contributed by atoms with Gasteiger partial charge >= 0.3 is 11.7 Å². The maximum absolute atomic E-state index is 12.2. The molecule has 2 rings (SSSR count). The number of fused-ring (bicyclic) bond motifs is 1. The molecule has 1 aliphatic heterocycles. The largest absolute Gasteiger partial charge is 0.332 e. The number of nitro benzene ring substituents is 1. The minimum absolute atomic E-state index is 0.0997. The lowest BCUT2D eigenvalue weighted by atomic mass is 9.99. The minimum Gasteiger partial charge on any atom is -0.320 e. The maximum Gasteiger partial charge on any atom is 0.332 e. The highest BCUT2D eigenvalue weighted by Crippen LogP contribution is 2.41. The number of amides is 1. The van der Waals surface area contributed by atoms with E-state index in [0.717, 1.165) is 13.0 Å². The molecule has 1 aromatic carbocycles. The molecule has 11 heteroatoms. The van der Waals surface area contributed by atoms with Crippen LogP contribution in [0.5, 0.6) is 0 Å². The van der Waals surface area contributed by atoms with Gasteiger partial charge in [0.15, 0.2) is 0 Å². The molecule has 22 heavy (non-hydrogen) atoms. The van der Waals surface area contributed by atoms with Crippen molar-refractivity contribution < 1.29 is 24.1 Å². The van der Waals surface area contributed by atoms with E-state index in [1.807, 2.05) is 0 Å². The summed E-state index contributed by atoms with van der Waals surface area (Å²) in [6.07, 6.45) is 0. The van der Waals surface area contributed by atoms with Gasteiger partial charge in [-0.2, -0.15) is 0 Å². The first-order valence-electron chi connectivity index (χ1n) is 5.52. The first-order chi connectivity index (χ1) is 10.2. The number of Topliss-reactive ketones (excluding diaryl/α,β-unsaturated/α-hetero) is 1. The van der Waals surface area contributed by atoms with Crippen LogP contribution >= 0.6 is 23.2 Å². The van der Waals surface area contributed by atoms with Gasteiger partial charge in [-0.25, -0.2) is 4.79 Å². The molecular formula is C11H5Cl2N3O6. The summed E-state index contributed by atoms with van der Waals surface area (Å²) in [6.45, 7) is 1.01. The Morgan fingerprint density at radius 2 is 2.05 bits per heavy atom. The van der Waals surface area contributed by atoms with E-state index in [9.17, 15) is 24.5 Å². The molecule has 0 atom stereocenters. The molecule has 9 nitrogen and oxygen atoms in total. The van der Waals surface area contributed by atoms with Crippen LogP contribution in [0.2, 0.25) is 10.0 Å². The molecule has 1 amide bonds. The molecule has 114 valence electrons. The summed E-state index contributed by atoms with van der Waals surface area (Å²) in [5.41, 5.74) is -1.90. The van der Waals surface area contributed by atoms with Gasteiger partial charge in [0.05, 0.1) is 16.2 Å². The lowest BCUT2D eigenvalue weighted by Gasteiger charge is -2.18. The number of nitrogens with zero attached hydrogens (tertiary/aromatic N) is 2. The fraction of sp³-hybridized carbons (Fsp3) is 0.0909. The number of ketones is 1. The third-order valence-electron chi connectivity index (χ3n) is 2.55. The van der Waals surface area contributed by atoms with Crippen LogP contribution in [0.25, 0.3) is 0 Å². The Morgan fingerprint density at radius 1 is 1.41 bits per heavy atom.